The Morgan fingerprint density at radius 1 is 1.23 bits per heavy atom. The van der Waals surface area contributed by atoms with Crippen molar-refractivity contribution in [3.63, 3.8) is 0 Å². The van der Waals surface area contributed by atoms with Crippen LogP contribution in [0.3, 0.4) is 0 Å². The molecule has 2 aromatic rings. The second-order valence-corrected chi connectivity index (χ2v) is 12.8. The number of sulfonamides is 1. The Kier molecular flexibility index (Phi) is 9.47. The van der Waals surface area contributed by atoms with Crippen molar-refractivity contribution < 1.29 is 13.2 Å². The van der Waals surface area contributed by atoms with E-state index in [-0.39, 0.29) is 34.6 Å². The van der Waals surface area contributed by atoms with E-state index >= 15 is 0 Å². The highest BCUT2D eigenvalue weighted by Gasteiger charge is 2.35. The van der Waals surface area contributed by atoms with Crippen molar-refractivity contribution in [2.24, 2.45) is 11.8 Å². The van der Waals surface area contributed by atoms with Crippen molar-refractivity contribution in [2.45, 2.75) is 65.3 Å². The lowest BCUT2D eigenvalue weighted by Gasteiger charge is -2.34. The quantitative estimate of drug-likeness (QED) is 0.484. The Bertz CT molecular complexity index is 1180. The summed E-state index contributed by atoms with van der Waals surface area (Å²) in [5.74, 6) is 0.209. The molecule has 1 saturated heterocycles. The van der Waals surface area contributed by atoms with E-state index in [9.17, 15) is 18.0 Å². The molecule has 3 rings (SSSR count). The van der Waals surface area contributed by atoms with E-state index in [1.54, 1.807) is 6.92 Å². The van der Waals surface area contributed by atoms with Crippen LogP contribution in [0.5, 0.6) is 0 Å². The van der Waals surface area contributed by atoms with Gasteiger partial charge in [0.05, 0.1) is 11.7 Å². The molecule has 0 saturated carbocycles. The van der Waals surface area contributed by atoms with Crippen LogP contribution < -0.4 is 10.9 Å². The number of aryl methyl sites for hydroxylation is 1. The number of piperidine rings is 1. The third-order valence-electron chi connectivity index (χ3n) is 6.57. The van der Waals surface area contributed by atoms with Gasteiger partial charge in [-0.15, -0.1) is 11.3 Å². The van der Waals surface area contributed by atoms with E-state index in [1.165, 1.54) is 26.5 Å². The number of thiophene rings is 1. The second kappa shape index (κ2) is 11.9. The van der Waals surface area contributed by atoms with Crippen LogP contribution in [0.25, 0.3) is 10.2 Å². The molecule has 11 heteroatoms. The van der Waals surface area contributed by atoms with E-state index in [2.05, 4.69) is 29.0 Å². The van der Waals surface area contributed by atoms with Crippen LogP contribution in [-0.4, -0.2) is 72.3 Å². The fraction of sp³-hybridized carbons (Fsp3) is 0.708. The van der Waals surface area contributed by atoms with Gasteiger partial charge in [0.25, 0.3) is 5.56 Å². The van der Waals surface area contributed by atoms with E-state index in [0.717, 1.165) is 38.9 Å². The second-order valence-electron chi connectivity index (χ2n) is 9.75. The molecule has 0 radical (unpaired) electrons. The maximum absolute atomic E-state index is 13.6. The minimum atomic E-state index is -3.86. The highest BCUT2D eigenvalue weighted by atomic mass is 32.2. The molecule has 9 nitrogen and oxygen atoms in total. The third-order valence-corrected chi connectivity index (χ3v) is 9.72. The lowest BCUT2D eigenvalue weighted by molar-refractivity contribution is -0.121. The molecule has 1 aliphatic heterocycles. The van der Waals surface area contributed by atoms with Gasteiger partial charge in [-0.2, -0.15) is 4.31 Å². The van der Waals surface area contributed by atoms with Crippen molar-refractivity contribution in [1.82, 2.24) is 24.1 Å². The summed E-state index contributed by atoms with van der Waals surface area (Å²) >= 11 is 1.20. The molecule has 1 aliphatic rings. The van der Waals surface area contributed by atoms with Crippen LogP contribution in [-0.2, 0) is 21.4 Å². The molecule has 0 aromatic carbocycles. The molecular weight excluding hydrogens is 486 g/mol. The molecule has 3 heterocycles. The van der Waals surface area contributed by atoms with Gasteiger partial charge in [0.15, 0.2) is 0 Å². The first-order valence-corrected chi connectivity index (χ1v) is 14.8. The SMILES string of the molecule is CCCCN(CC)CCNC(=O)Cn1cnc2sc(C)c(S(=O)(=O)N3C[C@H](C)C[C@H](C)C3)c2c1=O. The molecule has 0 aliphatic carbocycles. The average molecular weight is 526 g/mol. The summed E-state index contributed by atoms with van der Waals surface area (Å²) in [5.41, 5.74) is -0.496. The number of amides is 1. The van der Waals surface area contributed by atoms with E-state index in [0.29, 0.717) is 29.3 Å². The summed E-state index contributed by atoms with van der Waals surface area (Å²) in [6, 6.07) is 0. The maximum Gasteiger partial charge on any atom is 0.263 e. The summed E-state index contributed by atoms with van der Waals surface area (Å²) in [6.45, 7) is 13.9. The van der Waals surface area contributed by atoms with Gasteiger partial charge < -0.3 is 10.2 Å². The van der Waals surface area contributed by atoms with Crippen molar-refractivity contribution >= 4 is 37.5 Å². The smallest absolute Gasteiger partial charge is 0.263 e. The summed E-state index contributed by atoms with van der Waals surface area (Å²) in [6.07, 6.45) is 4.55. The number of hydrogen-bond acceptors (Lipinski definition) is 7. The Morgan fingerprint density at radius 3 is 2.54 bits per heavy atom. The maximum atomic E-state index is 13.6. The highest BCUT2D eigenvalue weighted by molar-refractivity contribution is 7.89. The number of aromatic nitrogens is 2. The topological polar surface area (TPSA) is 105 Å². The number of carbonyl (C=O) groups is 1. The zero-order valence-corrected chi connectivity index (χ0v) is 23.2. The summed E-state index contributed by atoms with van der Waals surface area (Å²) in [7, 11) is -3.86. The van der Waals surface area contributed by atoms with Gasteiger partial charge in [-0.25, -0.2) is 13.4 Å². The Hall–Kier alpha value is -1.82. The van der Waals surface area contributed by atoms with Crippen molar-refractivity contribution in [2.75, 3.05) is 39.3 Å². The average Bonchev–Trinajstić information content (AvgIpc) is 3.14. The predicted molar refractivity (Wildman–Crippen MR) is 140 cm³/mol. The number of fused-ring (bicyclic) bond motifs is 1. The number of likely N-dealkylation sites (N-methyl/N-ethyl adjacent to an activating group) is 1. The van der Waals surface area contributed by atoms with Crippen molar-refractivity contribution in [3.05, 3.63) is 21.6 Å². The van der Waals surface area contributed by atoms with Crippen LogP contribution in [0, 0.1) is 18.8 Å². The largest absolute Gasteiger partial charge is 0.353 e. The molecule has 0 spiro atoms. The van der Waals surface area contributed by atoms with Gasteiger partial charge in [0, 0.05) is 31.1 Å². The number of carbonyl (C=O) groups excluding carboxylic acids is 1. The molecule has 2 atom stereocenters. The number of unbranched alkanes of at least 4 members (excludes halogenated alkanes) is 1. The van der Waals surface area contributed by atoms with Gasteiger partial charge in [0.1, 0.15) is 16.3 Å². The van der Waals surface area contributed by atoms with Crippen LogP contribution in [0.4, 0.5) is 0 Å². The van der Waals surface area contributed by atoms with Crippen molar-refractivity contribution in [1.29, 1.82) is 0 Å². The molecule has 1 fully saturated rings. The molecule has 0 unspecified atom stereocenters. The first-order chi connectivity index (χ1) is 16.6. The Morgan fingerprint density at radius 2 is 1.91 bits per heavy atom. The van der Waals surface area contributed by atoms with E-state index in [4.69, 9.17) is 0 Å². The molecule has 35 heavy (non-hydrogen) atoms. The van der Waals surface area contributed by atoms with Crippen LogP contribution in [0.15, 0.2) is 16.0 Å². The van der Waals surface area contributed by atoms with Gasteiger partial charge in [-0.1, -0.05) is 34.1 Å². The standard InChI is InChI=1S/C24H39N5O4S2/c1-6-8-10-27(7-2)11-9-25-20(30)15-28-16-26-23-21(24(28)31)22(19(5)34-23)35(32,33)29-13-17(3)12-18(4)14-29/h16-18H,6-15H2,1-5H3,(H,25,30)/t17-,18+. The van der Waals surface area contributed by atoms with Gasteiger partial charge in [0.2, 0.25) is 15.9 Å². The first kappa shape index (κ1) is 27.8. The molecule has 1 amide bonds. The van der Waals surface area contributed by atoms with Gasteiger partial charge in [-0.05, 0) is 44.7 Å². The molecule has 0 bridgehead atoms. The van der Waals surface area contributed by atoms with Crippen LogP contribution in [0.2, 0.25) is 0 Å². The number of nitrogens with zero attached hydrogens (tertiary/aromatic N) is 4. The third kappa shape index (κ3) is 6.49. The van der Waals surface area contributed by atoms with Gasteiger partial charge in [-0.3, -0.25) is 14.2 Å². The van der Waals surface area contributed by atoms with Crippen molar-refractivity contribution in [3.8, 4) is 0 Å². The number of nitrogens with one attached hydrogen (secondary N) is 1. The van der Waals surface area contributed by atoms with Crippen LogP contribution in [0.1, 0.15) is 51.8 Å². The minimum absolute atomic E-state index is 0.0422. The fourth-order valence-electron chi connectivity index (χ4n) is 4.84. The molecule has 196 valence electrons. The Balaban J connectivity index is 1.80. The highest BCUT2D eigenvalue weighted by Crippen LogP contribution is 2.35. The predicted octanol–water partition coefficient (Wildman–Crippen LogP) is 2.67. The monoisotopic (exact) mass is 525 g/mol. The normalized spacial score (nSPS) is 19.5. The van der Waals surface area contributed by atoms with E-state index < -0.39 is 15.6 Å². The fourth-order valence-corrected chi connectivity index (χ4v) is 8.19. The number of hydrogen-bond donors (Lipinski definition) is 1. The lowest BCUT2D eigenvalue weighted by Crippen LogP contribution is -2.43. The van der Waals surface area contributed by atoms with E-state index in [1.807, 2.05) is 13.8 Å². The summed E-state index contributed by atoms with van der Waals surface area (Å²) < 4.78 is 30.0. The minimum Gasteiger partial charge on any atom is -0.353 e. The van der Waals surface area contributed by atoms with Crippen LogP contribution >= 0.6 is 11.3 Å². The Labute approximate surface area is 212 Å². The van der Waals surface area contributed by atoms with Gasteiger partial charge >= 0.3 is 0 Å². The summed E-state index contributed by atoms with van der Waals surface area (Å²) in [4.78, 5) is 33.5. The lowest BCUT2D eigenvalue weighted by atomic mass is 9.94. The zero-order chi connectivity index (χ0) is 25.8. The molecular formula is C24H39N5O4S2. The molecule has 2 aromatic heterocycles. The number of rotatable bonds is 11. The summed E-state index contributed by atoms with van der Waals surface area (Å²) in [5, 5.41) is 2.96. The first-order valence-electron chi connectivity index (χ1n) is 12.6. The molecule has 1 N–H and O–H groups in total. The zero-order valence-electron chi connectivity index (χ0n) is 21.5.